The lowest BCUT2D eigenvalue weighted by Crippen LogP contribution is -2.57. The lowest BCUT2D eigenvalue weighted by atomic mass is 10.0. The Kier molecular flexibility index (Phi) is 5.40. The second-order valence-corrected chi connectivity index (χ2v) is 6.97. The van der Waals surface area contributed by atoms with E-state index < -0.39 is 29.6 Å². The van der Waals surface area contributed by atoms with Crippen molar-refractivity contribution in [2.45, 2.75) is 38.5 Å². The molecule has 1 aromatic rings. The van der Waals surface area contributed by atoms with Gasteiger partial charge in [0.25, 0.3) is 5.91 Å². The van der Waals surface area contributed by atoms with Crippen LogP contribution in [0.2, 0.25) is 0 Å². The summed E-state index contributed by atoms with van der Waals surface area (Å²) in [7, 11) is 0. The quantitative estimate of drug-likeness (QED) is 0.536. The lowest BCUT2D eigenvalue weighted by Gasteiger charge is -2.28. The first kappa shape index (κ1) is 18.1. The van der Waals surface area contributed by atoms with Crippen LogP contribution in [0.5, 0.6) is 0 Å². The maximum Gasteiger partial charge on any atom is 0.323 e. The first-order valence-corrected chi connectivity index (χ1v) is 8.42. The van der Waals surface area contributed by atoms with Crippen LogP contribution < -0.4 is 16.4 Å². The zero-order valence-corrected chi connectivity index (χ0v) is 14.3. The number of carbonyl (C=O) groups is 3. The summed E-state index contributed by atoms with van der Waals surface area (Å²) in [5.41, 5.74) is 3.32. The lowest BCUT2D eigenvalue weighted by molar-refractivity contribution is -0.149. The Labute approximate surface area is 143 Å². The molecule has 0 bridgehead atoms. The normalized spacial score (nSPS) is 21.8. The summed E-state index contributed by atoms with van der Waals surface area (Å²) in [5, 5.41) is 17.2. The number of nitrogens with two attached hydrogens (primary N) is 1. The molecule has 9 nitrogen and oxygen atoms in total. The third-order valence-corrected chi connectivity index (χ3v) is 4.39. The van der Waals surface area contributed by atoms with Crippen molar-refractivity contribution >= 4 is 34.3 Å². The molecule has 0 aliphatic carbocycles. The Bertz CT molecular complexity index is 621. The Morgan fingerprint density at radius 1 is 1.54 bits per heavy atom. The van der Waals surface area contributed by atoms with Crippen LogP contribution in [0.25, 0.3) is 0 Å². The molecule has 132 valence electrons. The number of aliphatic hydroxyl groups is 1. The summed E-state index contributed by atoms with van der Waals surface area (Å²) < 4.78 is 0. The number of nitrogens with one attached hydrogen (secondary N) is 2. The number of rotatable bonds is 6. The monoisotopic (exact) mass is 355 g/mol. The second kappa shape index (κ2) is 7.14. The molecule has 2 atom stereocenters. The van der Waals surface area contributed by atoms with Gasteiger partial charge in [0.1, 0.15) is 6.04 Å². The number of likely N-dealkylation sites (tertiary alicyclic amines) is 1. The molecule has 0 aromatic carbocycles. The smallest absolute Gasteiger partial charge is 0.323 e. The Morgan fingerprint density at radius 3 is 2.79 bits per heavy atom. The van der Waals surface area contributed by atoms with Crippen molar-refractivity contribution in [3.8, 4) is 0 Å². The van der Waals surface area contributed by atoms with E-state index in [0.29, 0.717) is 11.6 Å². The van der Waals surface area contributed by atoms with Gasteiger partial charge in [-0.15, -0.1) is 11.3 Å². The van der Waals surface area contributed by atoms with Crippen LogP contribution in [-0.4, -0.2) is 51.1 Å². The standard InChI is InChI=1S/C14H21N5O4S/c1-8(2)7-9(10(15)20)19-5-3-14(23,11(19)21)18-12(22)17-13-16-4-6-24-13/h4,6,8-9,23H,3,5,7H2,1-2H3,(H2,15,20)(H2,16,17,18,22). The molecule has 2 heterocycles. The van der Waals surface area contributed by atoms with E-state index in [9.17, 15) is 19.5 Å². The van der Waals surface area contributed by atoms with E-state index in [4.69, 9.17) is 5.73 Å². The maximum atomic E-state index is 12.5. The molecule has 10 heteroatoms. The van der Waals surface area contributed by atoms with Crippen molar-refractivity contribution in [2.24, 2.45) is 11.7 Å². The van der Waals surface area contributed by atoms with Crippen LogP contribution in [-0.2, 0) is 9.59 Å². The number of carbonyl (C=O) groups excluding carboxylic acids is 3. The van der Waals surface area contributed by atoms with Crippen LogP contribution in [0.1, 0.15) is 26.7 Å². The summed E-state index contributed by atoms with van der Waals surface area (Å²) in [6.45, 7) is 3.94. The summed E-state index contributed by atoms with van der Waals surface area (Å²) in [4.78, 5) is 41.2. The van der Waals surface area contributed by atoms with Crippen LogP contribution >= 0.6 is 11.3 Å². The van der Waals surface area contributed by atoms with Crippen LogP contribution in [0, 0.1) is 5.92 Å². The molecule has 0 saturated carbocycles. The van der Waals surface area contributed by atoms with Gasteiger partial charge in [-0.05, 0) is 12.3 Å². The zero-order valence-electron chi connectivity index (χ0n) is 13.5. The van der Waals surface area contributed by atoms with Gasteiger partial charge in [-0.3, -0.25) is 14.9 Å². The van der Waals surface area contributed by atoms with Crippen LogP contribution in [0.4, 0.5) is 9.93 Å². The number of amides is 4. The Hall–Kier alpha value is -2.20. The third kappa shape index (κ3) is 4.01. The number of thiazole rings is 1. The average Bonchev–Trinajstić information content (AvgIpc) is 3.06. The Balaban J connectivity index is 2.05. The first-order valence-electron chi connectivity index (χ1n) is 7.54. The maximum absolute atomic E-state index is 12.5. The van der Waals surface area contributed by atoms with E-state index in [0.717, 1.165) is 0 Å². The molecule has 0 spiro atoms. The topological polar surface area (TPSA) is 138 Å². The highest BCUT2D eigenvalue weighted by Gasteiger charge is 2.49. The third-order valence-electron chi connectivity index (χ3n) is 3.70. The van der Waals surface area contributed by atoms with E-state index >= 15 is 0 Å². The van der Waals surface area contributed by atoms with Gasteiger partial charge in [0, 0.05) is 24.5 Å². The van der Waals surface area contributed by atoms with Gasteiger partial charge in [-0.25, -0.2) is 9.78 Å². The zero-order chi connectivity index (χ0) is 17.9. The second-order valence-electron chi connectivity index (χ2n) is 6.07. The number of hydrogen-bond acceptors (Lipinski definition) is 6. The van der Waals surface area contributed by atoms with Crippen molar-refractivity contribution in [1.29, 1.82) is 0 Å². The molecule has 1 fully saturated rings. The molecule has 2 unspecified atom stereocenters. The number of nitrogens with zero attached hydrogens (tertiary/aromatic N) is 2. The molecular formula is C14H21N5O4S. The predicted molar refractivity (Wildman–Crippen MR) is 88.0 cm³/mol. The highest BCUT2D eigenvalue weighted by molar-refractivity contribution is 7.13. The summed E-state index contributed by atoms with van der Waals surface area (Å²) in [6.07, 6.45) is 1.88. The number of hydrogen-bond donors (Lipinski definition) is 4. The van der Waals surface area contributed by atoms with E-state index in [1.165, 1.54) is 22.4 Å². The summed E-state index contributed by atoms with van der Waals surface area (Å²) in [5.74, 6) is -1.22. The number of urea groups is 1. The summed E-state index contributed by atoms with van der Waals surface area (Å²) >= 11 is 1.20. The highest BCUT2D eigenvalue weighted by Crippen LogP contribution is 2.25. The van der Waals surface area contributed by atoms with E-state index in [1.54, 1.807) is 5.38 Å². The number of anilines is 1. The first-order chi connectivity index (χ1) is 11.2. The fourth-order valence-corrected chi connectivity index (χ4v) is 3.11. The molecule has 1 aromatic heterocycles. The van der Waals surface area contributed by atoms with Crippen molar-refractivity contribution in [3.05, 3.63) is 11.6 Å². The van der Waals surface area contributed by atoms with Gasteiger partial charge < -0.3 is 21.1 Å². The van der Waals surface area contributed by atoms with Gasteiger partial charge in [-0.1, -0.05) is 13.8 Å². The fourth-order valence-electron chi connectivity index (χ4n) is 2.59. The molecule has 0 radical (unpaired) electrons. The molecule has 4 amide bonds. The van der Waals surface area contributed by atoms with E-state index in [2.05, 4.69) is 15.6 Å². The molecule has 1 aliphatic rings. The van der Waals surface area contributed by atoms with Crippen LogP contribution in [0.3, 0.4) is 0 Å². The van der Waals surface area contributed by atoms with Gasteiger partial charge >= 0.3 is 6.03 Å². The van der Waals surface area contributed by atoms with Crippen molar-refractivity contribution in [1.82, 2.24) is 15.2 Å². The van der Waals surface area contributed by atoms with Gasteiger partial charge in [-0.2, -0.15) is 0 Å². The number of primary amides is 1. The van der Waals surface area contributed by atoms with Crippen molar-refractivity contribution in [3.63, 3.8) is 0 Å². The summed E-state index contributed by atoms with van der Waals surface area (Å²) in [6, 6.07) is -1.56. The van der Waals surface area contributed by atoms with Crippen LogP contribution in [0.15, 0.2) is 11.6 Å². The molecule has 24 heavy (non-hydrogen) atoms. The van der Waals surface area contributed by atoms with Crippen molar-refractivity contribution in [2.75, 3.05) is 11.9 Å². The molecule has 5 N–H and O–H groups in total. The molecule has 2 rings (SSSR count). The largest absolute Gasteiger partial charge is 0.368 e. The minimum absolute atomic E-state index is 0.0288. The predicted octanol–water partition coefficient (Wildman–Crippen LogP) is 0.0855. The van der Waals surface area contributed by atoms with Crippen molar-refractivity contribution < 1.29 is 19.5 Å². The SMILES string of the molecule is CC(C)CC(C(N)=O)N1CCC(O)(NC(=O)Nc2nccs2)C1=O. The van der Waals surface area contributed by atoms with E-state index in [-0.39, 0.29) is 18.9 Å². The minimum atomic E-state index is -2.06. The Morgan fingerprint density at radius 2 is 2.25 bits per heavy atom. The van der Waals surface area contributed by atoms with E-state index in [1.807, 2.05) is 13.8 Å². The number of aromatic nitrogens is 1. The molecule has 1 aliphatic heterocycles. The highest BCUT2D eigenvalue weighted by atomic mass is 32.1. The fraction of sp³-hybridized carbons (Fsp3) is 0.571. The average molecular weight is 355 g/mol. The van der Waals surface area contributed by atoms with Gasteiger partial charge in [0.05, 0.1) is 0 Å². The molecular weight excluding hydrogens is 334 g/mol. The van der Waals surface area contributed by atoms with Gasteiger partial charge in [0.15, 0.2) is 5.13 Å². The minimum Gasteiger partial charge on any atom is -0.368 e. The molecule has 1 saturated heterocycles. The van der Waals surface area contributed by atoms with Gasteiger partial charge in [0.2, 0.25) is 11.6 Å².